The predicted octanol–water partition coefficient (Wildman–Crippen LogP) is 3.39. The minimum atomic E-state index is -0.109. The average Bonchev–Trinajstić information content (AvgIpc) is 3.33. The number of piperidine rings is 1. The molecule has 1 aliphatic heterocycles. The SMILES string of the molecule is O=C(Cc1ccccc1)Nc1nnc(NC2CCN(c3nnc(NC(=O)CC4CC4)s3)CC2)s1. The van der Waals surface area contributed by atoms with Gasteiger partial charge in [0.1, 0.15) is 0 Å². The molecule has 178 valence electrons. The standard InChI is InChI=1S/C22H26N8O2S2/c31-17(12-14-4-2-1-3-5-14)24-20-27-26-19(33-20)23-16-8-10-30(11-9-16)22-29-28-21(34-22)25-18(32)13-15-6-7-15/h1-5,15-16H,6-13H2,(H,23,26)(H,24,27,31)(H,25,28,32). The third kappa shape index (κ3) is 6.26. The summed E-state index contributed by atoms with van der Waals surface area (Å²) in [6, 6.07) is 9.87. The van der Waals surface area contributed by atoms with Crippen LogP contribution in [0, 0.1) is 5.92 Å². The summed E-state index contributed by atoms with van der Waals surface area (Å²) in [5, 5.41) is 28.3. The van der Waals surface area contributed by atoms with E-state index in [4.69, 9.17) is 0 Å². The van der Waals surface area contributed by atoms with Gasteiger partial charge in [-0.15, -0.1) is 20.4 Å². The van der Waals surface area contributed by atoms with Crippen LogP contribution in [0.2, 0.25) is 0 Å². The Morgan fingerprint density at radius 3 is 2.29 bits per heavy atom. The second-order valence-corrected chi connectivity index (χ2v) is 10.5. The maximum absolute atomic E-state index is 12.2. The lowest BCUT2D eigenvalue weighted by Crippen LogP contribution is -2.39. The van der Waals surface area contributed by atoms with Gasteiger partial charge >= 0.3 is 0 Å². The van der Waals surface area contributed by atoms with Crippen molar-refractivity contribution in [1.29, 1.82) is 0 Å². The average molecular weight is 499 g/mol. The molecule has 2 fully saturated rings. The van der Waals surface area contributed by atoms with Gasteiger partial charge in [-0.1, -0.05) is 53.0 Å². The van der Waals surface area contributed by atoms with E-state index in [-0.39, 0.29) is 17.9 Å². The number of carbonyl (C=O) groups is 2. The van der Waals surface area contributed by atoms with Gasteiger partial charge in [0.15, 0.2) is 0 Å². The molecule has 10 nitrogen and oxygen atoms in total. The van der Waals surface area contributed by atoms with E-state index in [0.717, 1.165) is 49.5 Å². The molecule has 0 spiro atoms. The number of amides is 2. The predicted molar refractivity (Wildman–Crippen MR) is 133 cm³/mol. The van der Waals surface area contributed by atoms with Crippen molar-refractivity contribution in [2.75, 3.05) is 33.9 Å². The molecule has 0 atom stereocenters. The Morgan fingerprint density at radius 1 is 0.853 bits per heavy atom. The van der Waals surface area contributed by atoms with Crippen molar-refractivity contribution in [3.8, 4) is 0 Å². The molecule has 3 N–H and O–H groups in total. The van der Waals surface area contributed by atoms with Gasteiger partial charge in [-0.3, -0.25) is 9.59 Å². The van der Waals surface area contributed by atoms with Gasteiger partial charge < -0.3 is 20.9 Å². The number of hydrogen-bond acceptors (Lipinski definition) is 10. The largest absolute Gasteiger partial charge is 0.357 e. The van der Waals surface area contributed by atoms with E-state index < -0.39 is 0 Å². The molecule has 2 aromatic heterocycles. The summed E-state index contributed by atoms with van der Waals surface area (Å²) in [7, 11) is 0. The zero-order chi connectivity index (χ0) is 23.3. The molecule has 3 aromatic rings. The van der Waals surface area contributed by atoms with Crippen LogP contribution in [0.3, 0.4) is 0 Å². The molecule has 3 heterocycles. The van der Waals surface area contributed by atoms with Gasteiger partial charge in [-0.05, 0) is 37.2 Å². The monoisotopic (exact) mass is 498 g/mol. The second kappa shape index (κ2) is 10.4. The van der Waals surface area contributed by atoms with E-state index >= 15 is 0 Å². The minimum absolute atomic E-state index is 0.0285. The number of nitrogens with zero attached hydrogens (tertiary/aromatic N) is 5. The lowest BCUT2D eigenvalue weighted by atomic mass is 10.1. The van der Waals surface area contributed by atoms with Gasteiger partial charge in [-0.25, -0.2) is 0 Å². The number of benzene rings is 1. The normalized spacial score (nSPS) is 16.3. The number of hydrogen-bond donors (Lipinski definition) is 3. The van der Waals surface area contributed by atoms with E-state index in [1.54, 1.807) is 0 Å². The topological polar surface area (TPSA) is 125 Å². The molecular weight excluding hydrogens is 472 g/mol. The highest BCUT2D eigenvalue weighted by Crippen LogP contribution is 2.33. The first-order valence-corrected chi connectivity index (χ1v) is 13.1. The Kier molecular flexibility index (Phi) is 6.95. The van der Waals surface area contributed by atoms with Crippen LogP contribution in [0.4, 0.5) is 20.5 Å². The Bertz CT molecular complexity index is 1120. The maximum atomic E-state index is 12.2. The van der Waals surface area contributed by atoms with Crippen molar-refractivity contribution in [3.05, 3.63) is 35.9 Å². The van der Waals surface area contributed by atoms with Gasteiger partial charge in [0, 0.05) is 25.6 Å². The smallest absolute Gasteiger partial charge is 0.230 e. The van der Waals surface area contributed by atoms with Crippen LogP contribution in [0.1, 0.15) is 37.7 Å². The van der Waals surface area contributed by atoms with Crippen molar-refractivity contribution < 1.29 is 9.59 Å². The summed E-state index contributed by atoms with van der Waals surface area (Å²) in [5.41, 5.74) is 0.956. The van der Waals surface area contributed by atoms with Crippen molar-refractivity contribution in [1.82, 2.24) is 20.4 Å². The van der Waals surface area contributed by atoms with Crippen LogP contribution >= 0.6 is 22.7 Å². The van der Waals surface area contributed by atoms with Gasteiger partial charge in [-0.2, -0.15) is 0 Å². The van der Waals surface area contributed by atoms with Crippen molar-refractivity contribution in [2.24, 2.45) is 5.92 Å². The third-order valence-corrected chi connectivity index (χ3v) is 7.47. The molecule has 1 aliphatic carbocycles. The van der Waals surface area contributed by atoms with Crippen LogP contribution < -0.4 is 20.9 Å². The zero-order valence-corrected chi connectivity index (χ0v) is 20.2. The van der Waals surface area contributed by atoms with Crippen LogP contribution in [0.5, 0.6) is 0 Å². The fourth-order valence-corrected chi connectivity index (χ4v) is 5.36. The number of carbonyl (C=O) groups excluding carboxylic acids is 2. The quantitative estimate of drug-likeness (QED) is 0.410. The second-order valence-electron chi connectivity index (χ2n) is 8.61. The van der Waals surface area contributed by atoms with Crippen LogP contribution in [0.15, 0.2) is 30.3 Å². The number of anilines is 4. The molecule has 1 aromatic carbocycles. The summed E-state index contributed by atoms with van der Waals surface area (Å²) in [4.78, 5) is 26.4. The van der Waals surface area contributed by atoms with Crippen LogP contribution in [-0.4, -0.2) is 51.3 Å². The van der Waals surface area contributed by atoms with E-state index in [1.165, 1.54) is 22.7 Å². The Hall–Kier alpha value is -3.12. The number of aromatic nitrogens is 4. The van der Waals surface area contributed by atoms with E-state index in [1.807, 2.05) is 30.3 Å². The molecule has 0 radical (unpaired) electrons. The van der Waals surface area contributed by atoms with E-state index in [2.05, 4.69) is 41.2 Å². The molecule has 12 heteroatoms. The number of rotatable bonds is 9. The first-order chi connectivity index (χ1) is 16.6. The van der Waals surface area contributed by atoms with Gasteiger partial charge in [0.25, 0.3) is 0 Å². The minimum Gasteiger partial charge on any atom is -0.357 e. The fourth-order valence-electron chi connectivity index (χ4n) is 3.81. The van der Waals surface area contributed by atoms with Crippen LogP contribution in [-0.2, 0) is 16.0 Å². The van der Waals surface area contributed by atoms with Crippen molar-refractivity contribution >= 4 is 55.0 Å². The highest BCUT2D eigenvalue weighted by molar-refractivity contribution is 7.19. The third-order valence-electron chi connectivity index (χ3n) is 5.80. The first-order valence-electron chi connectivity index (χ1n) is 11.4. The molecule has 5 rings (SSSR count). The lowest BCUT2D eigenvalue weighted by molar-refractivity contribution is -0.117. The lowest BCUT2D eigenvalue weighted by Gasteiger charge is -2.31. The highest BCUT2D eigenvalue weighted by Gasteiger charge is 2.26. The first kappa shape index (κ1) is 22.7. The van der Waals surface area contributed by atoms with Gasteiger partial charge in [0.05, 0.1) is 6.42 Å². The summed E-state index contributed by atoms with van der Waals surface area (Å²) in [6.07, 6.45) is 5.02. The fraction of sp³-hybridized carbons (Fsp3) is 0.455. The van der Waals surface area contributed by atoms with E-state index in [0.29, 0.717) is 34.2 Å². The molecule has 0 unspecified atom stereocenters. The molecule has 0 bridgehead atoms. The van der Waals surface area contributed by atoms with Crippen molar-refractivity contribution in [2.45, 2.75) is 44.6 Å². The molecule has 1 saturated heterocycles. The maximum Gasteiger partial charge on any atom is 0.230 e. The molecule has 2 aliphatic rings. The summed E-state index contributed by atoms with van der Waals surface area (Å²) in [6.45, 7) is 1.67. The number of nitrogens with one attached hydrogen (secondary N) is 3. The zero-order valence-electron chi connectivity index (χ0n) is 18.6. The van der Waals surface area contributed by atoms with Crippen LogP contribution in [0.25, 0.3) is 0 Å². The Balaban J connectivity index is 1.06. The molecule has 34 heavy (non-hydrogen) atoms. The van der Waals surface area contributed by atoms with Crippen molar-refractivity contribution in [3.63, 3.8) is 0 Å². The molecule has 2 amide bonds. The Morgan fingerprint density at radius 2 is 1.53 bits per heavy atom. The van der Waals surface area contributed by atoms with E-state index in [9.17, 15) is 9.59 Å². The summed E-state index contributed by atoms with van der Waals surface area (Å²) < 4.78 is 0. The van der Waals surface area contributed by atoms with Gasteiger partial charge in [0.2, 0.25) is 32.3 Å². The molecule has 1 saturated carbocycles. The highest BCUT2D eigenvalue weighted by atomic mass is 32.1. The molecular formula is C22H26N8O2S2. The summed E-state index contributed by atoms with van der Waals surface area (Å²) >= 11 is 2.76. The summed E-state index contributed by atoms with van der Waals surface area (Å²) in [5.74, 6) is 0.469. The Labute approximate surface area is 205 Å².